The van der Waals surface area contributed by atoms with Gasteiger partial charge in [0, 0.05) is 24.2 Å². The van der Waals surface area contributed by atoms with Gasteiger partial charge in [-0.1, -0.05) is 41.9 Å². The van der Waals surface area contributed by atoms with Crippen LogP contribution < -0.4 is 4.90 Å². The van der Waals surface area contributed by atoms with Crippen LogP contribution in [0, 0.1) is 5.82 Å². The van der Waals surface area contributed by atoms with Gasteiger partial charge in [-0.3, -0.25) is 0 Å². The number of rotatable bonds is 3. The molecule has 1 unspecified atom stereocenters. The van der Waals surface area contributed by atoms with Crippen LogP contribution in [-0.4, -0.2) is 17.1 Å². The SMILES string of the molecule is O=C(O)C1Cc2ccccc2N1Cc1cccc(Cl)c1F. The molecule has 1 aliphatic rings. The Morgan fingerprint density at radius 3 is 2.81 bits per heavy atom. The van der Waals surface area contributed by atoms with Gasteiger partial charge in [-0.2, -0.15) is 0 Å². The highest BCUT2D eigenvalue weighted by molar-refractivity contribution is 6.30. The average Bonchev–Trinajstić information content (AvgIpc) is 2.83. The van der Waals surface area contributed by atoms with Crippen molar-refractivity contribution < 1.29 is 14.3 Å². The van der Waals surface area contributed by atoms with Crippen LogP contribution in [-0.2, 0) is 17.8 Å². The van der Waals surface area contributed by atoms with E-state index in [1.165, 1.54) is 6.07 Å². The largest absolute Gasteiger partial charge is 0.480 e. The summed E-state index contributed by atoms with van der Waals surface area (Å²) in [7, 11) is 0. The van der Waals surface area contributed by atoms with Gasteiger partial charge in [0.15, 0.2) is 0 Å². The quantitative estimate of drug-likeness (QED) is 0.943. The van der Waals surface area contributed by atoms with Gasteiger partial charge in [-0.05, 0) is 17.7 Å². The molecule has 0 aliphatic carbocycles. The summed E-state index contributed by atoms with van der Waals surface area (Å²) in [6.07, 6.45) is 0.424. The third kappa shape index (κ3) is 2.47. The first-order chi connectivity index (χ1) is 10.1. The molecule has 1 atom stereocenters. The molecular weight excluding hydrogens is 293 g/mol. The molecule has 108 valence electrons. The van der Waals surface area contributed by atoms with Crippen LogP contribution in [0.25, 0.3) is 0 Å². The summed E-state index contributed by atoms with van der Waals surface area (Å²) in [6.45, 7) is 0.181. The smallest absolute Gasteiger partial charge is 0.326 e. The van der Waals surface area contributed by atoms with Gasteiger partial charge in [-0.15, -0.1) is 0 Å². The zero-order valence-corrected chi connectivity index (χ0v) is 11.8. The minimum Gasteiger partial charge on any atom is -0.480 e. The van der Waals surface area contributed by atoms with Crippen LogP contribution in [0.1, 0.15) is 11.1 Å². The summed E-state index contributed by atoms with van der Waals surface area (Å²) in [4.78, 5) is 13.2. The highest BCUT2D eigenvalue weighted by Gasteiger charge is 2.34. The number of benzene rings is 2. The minimum atomic E-state index is -0.909. The lowest BCUT2D eigenvalue weighted by molar-refractivity contribution is -0.138. The maximum atomic E-state index is 14.1. The molecule has 21 heavy (non-hydrogen) atoms. The molecule has 3 rings (SSSR count). The van der Waals surface area contributed by atoms with E-state index in [0.29, 0.717) is 12.0 Å². The molecule has 0 spiro atoms. The van der Waals surface area contributed by atoms with E-state index in [-0.39, 0.29) is 11.6 Å². The number of nitrogens with zero attached hydrogens (tertiary/aromatic N) is 1. The minimum absolute atomic E-state index is 0.0480. The number of hydrogen-bond donors (Lipinski definition) is 1. The Morgan fingerprint density at radius 1 is 1.29 bits per heavy atom. The second kappa shape index (κ2) is 5.37. The van der Waals surface area contributed by atoms with Gasteiger partial charge < -0.3 is 10.0 Å². The molecule has 0 saturated carbocycles. The third-order valence-corrected chi connectivity index (χ3v) is 4.04. The number of fused-ring (bicyclic) bond motifs is 1. The van der Waals surface area contributed by atoms with Crippen molar-refractivity contribution in [1.82, 2.24) is 0 Å². The fourth-order valence-electron chi connectivity index (χ4n) is 2.72. The lowest BCUT2D eigenvalue weighted by Gasteiger charge is -2.25. The van der Waals surface area contributed by atoms with Gasteiger partial charge in [0.05, 0.1) is 5.02 Å². The molecule has 2 aromatic carbocycles. The van der Waals surface area contributed by atoms with Crippen molar-refractivity contribution in [2.75, 3.05) is 4.90 Å². The van der Waals surface area contributed by atoms with E-state index in [0.717, 1.165) is 11.3 Å². The van der Waals surface area contributed by atoms with E-state index in [2.05, 4.69) is 0 Å². The summed E-state index contributed by atoms with van der Waals surface area (Å²) in [5.74, 6) is -1.40. The van der Waals surface area contributed by atoms with Crippen molar-refractivity contribution in [2.45, 2.75) is 19.0 Å². The normalized spacial score (nSPS) is 16.9. The molecule has 0 fully saturated rings. The van der Waals surface area contributed by atoms with Crippen molar-refractivity contribution in [2.24, 2.45) is 0 Å². The van der Waals surface area contributed by atoms with Crippen LogP contribution in [0.5, 0.6) is 0 Å². The zero-order valence-electron chi connectivity index (χ0n) is 11.1. The third-order valence-electron chi connectivity index (χ3n) is 3.75. The molecular formula is C16H13ClFNO2. The summed E-state index contributed by atoms with van der Waals surface area (Å²) in [5.41, 5.74) is 2.20. The van der Waals surface area contributed by atoms with Crippen LogP contribution in [0.3, 0.4) is 0 Å². The topological polar surface area (TPSA) is 40.5 Å². The van der Waals surface area contributed by atoms with Crippen LogP contribution in [0.4, 0.5) is 10.1 Å². The van der Waals surface area contributed by atoms with Crippen molar-refractivity contribution in [3.8, 4) is 0 Å². The van der Waals surface area contributed by atoms with E-state index in [4.69, 9.17) is 11.6 Å². The lowest BCUT2D eigenvalue weighted by Crippen LogP contribution is -2.38. The number of carboxylic acid groups (broad SMARTS) is 1. The molecule has 0 aromatic heterocycles. The fourth-order valence-corrected chi connectivity index (χ4v) is 2.91. The second-order valence-corrected chi connectivity index (χ2v) is 5.43. The molecule has 3 nitrogen and oxygen atoms in total. The number of carboxylic acids is 1. The zero-order chi connectivity index (χ0) is 15.0. The molecule has 0 radical (unpaired) electrons. The van der Waals surface area contributed by atoms with Crippen LogP contribution in [0.15, 0.2) is 42.5 Å². The van der Waals surface area contributed by atoms with Gasteiger partial charge in [0.1, 0.15) is 11.9 Å². The average molecular weight is 306 g/mol. The molecule has 0 bridgehead atoms. The van der Waals surface area contributed by atoms with Crippen LogP contribution in [0.2, 0.25) is 5.02 Å². The summed E-state index contributed by atoms with van der Waals surface area (Å²) < 4.78 is 14.1. The first-order valence-corrected chi connectivity index (χ1v) is 6.96. The van der Waals surface area contributed by atoms with E-state index in [1.807, 2.05) is 24.3 Å². The molecule has 1 N–H and O–H groups in total. The first-order valence-electron chi connectivity index (χ1n) is 6.58. The van der Waals surface area contributed by atoms with Crippen molar-refractivity contribution in [3.63, 3.8) is 0 Å². The summed E-state index contributed by atoms with van der Waals surface area (Å²) in [5, 5.41) is 9.44. The fraction of sp³-hybridized carbons (Fsp3) is 0.188. The standard InChI is InChI=1S/C16H13ClFNO2/c17-12-6-3-5-11(15(12)18)9-19-13-7-2-1-4-10(13)8-14(19)16(20)21/h1-7,14H,8-9H2,(H,20,21). The first kappa shape index (κ1) is 13.9. The Hall–Kier alpha value is -2.07. The second-order valence-electron chi connectivity index (χ2n) is 5.03. The number of carbonyl (C=O) groups is 1. The molecule has 0 saturated heterocycles. The highest BCUT2D eigenvalue weighted by atomic mass is 35.5. The number of hydrogen-bond acceptors (Lipinski definition) is 2. The van der Waals surface area contributed by atoms with E-state index in [1.54, 1.807) is 17.0 Å². The van der Waals surface area contributed by atoms with Crippen molar-refractivity contribution >= 4 is 23.3 Å². The number of aliphatic carboxylic acids is 1. The molecule has 1 aliphatic heterocycles. The number of halogens is 2. The van der Waals surface area contributed by atoms with Gasteiger partial charge in [-0.25, -0.2) is 9.18 Å². The van der Waals surface area contributed by atoms with Gasteiger partial charge in [0.2, 0.25) is 0 Å². The highest BCUT2D eigenvalue weighted by Crippen LogP contribution is 2.34. The Morgan fingerprint density at radius 2 is 2.05 bits per heavy atom. The Bertz CT molecular complexity index is 704. The molecule has 2 aromatic rings. The predicted molar refractivity (Wildman–Crippen MR) is 79.2 cm³/mol. The van der Waals surface area contributed by atoms with Crippen molar-refractivity contribution in [3.05, 3.63) is 64.4 Å². The molecule has 5 heteroatoms. The number of para-hydroxylation sites is 1. The Kier molecular flexibility index (Phi) is 3.55. The van der Waals surface area contributed by atoms with Crippen LogP contribution >= 0.6 is 11.6 Å². The lowest BCUT2D eigenvalue weighted by atomic mass is 10.1. The number of anilines is 1. The predicted octanol–water partition coefficient (Wildman–Crippen LogP) is 3.50. The van der Waals surface area contributed by atoms with Gasteiger partial charge >= 0.3 is 5.97 Å². The van der Waals surface area contributed by atoms with E-state index < -0.39 is 17.8 Å². The van der Waals surface area contributed by atoms with E-state index >= 15 is 0 Å². The maximum absolute atomic E-state index is 14.1. The van der Waals surface area contributed by atoms with E-state index in [9.17, 15) is 14.3 Å². The molecule has 1 heterocycles. The Balaban J connectivity index is 1.98. The summed E-state index contributed by atoms with van der Waals surface area (Å²) in [6, 6.07) is 11.6. The summed E-state index contributed by atoms with van der Waals surface area (Å²) >= 11 is 5.79. The van der Waals surface area contributed by atoms with Gasteiger partial charge in [0.25, 0.3) is 0 Å². The monoisotopic (exact) mass is 305 g/mol. The Labute approximate surface area is 126 Å². The maximum Gasteiger partial charge on any atom is 0.326 e. The molecule has 0 amide bonds. The van der Waals surface area contributed by atoms with Crippen molar-refractivity contribution in [1.29, 1.82) is 0 Å².